The molecular formula is C8H13NO3. The van der Waals surface area contributed by atoms with Crippen LogP contribution in [-0.2, 0) is 14.3 Å². The highest BCUT2D eigenvalue weighted by Crippen LogP contribution is 2.17. The number of hydrogen-bond donors (Lipinski definition) is 0. The molecule has 1 aliphatic rings. The van der Waals surface area contributed by atoms with E-state index in [1.807, 2.05) is 0 Å². The van der Waals surface area contributed by atoms with Crippen molar-refractivity contribution in [2.75, 3.05) is 20.7 Å². The molecule has 1 fully saturated rings. The van der Waals surface area contributed by atoms with E-state index in [0.717, 1.165) is 13.0 Å². The Morgan fingerprint density at radius 3 is 2.92 bits per heavy atom. The van der Waals surface area contributed by atoms with Gasteiger partial charge in [-0.1, -0.05) is 0 Å². The van der Waals surface area contributed by atoms with E-state index in [2.05, 4.69) is 4.74 Å². The van der Waals surface area contributed by atoms with Crippen molar-refractivity contribution in [2.24, 2.45) is 5.92 Å². The van der Waals surface area contributed by atoms with Gasteiger partial charge in [-0.05, 0) is 12.8 Å². The summed E-state index contributed by atoms with van der Waals surface area (Å²) in [6.45, 7) is 0.742. The van der Waals surface area contributed by atoms with Crippen molar-refractivity contribution < 1.29 is 14.3 Å². The van der Waals surface area contributed by atoms with Crippen molar-refractivity contribution in [2.45, 2.75) is 12.8 Å². The number of methoxy groups -OCH3 is 1. The number of carbonyl (C=O) groups is 2. The molecule has 0 aromatic rings. The minimum absolute atomic E-state index is 0.117. The van der Waals surface area contributed by atoms with E-state index in [4.69, 9.17) is 0 Å². The Bertz CT molecular complexity index is 202. The number of likely N-dealkylation sites (tertiary alicyclic amines) is 1. The predicted molar refractivity (Wildman–Crippen MR) is 42.4 cm³/mol. The molecule has 0 aromatic carbocycles. The minimum atomic E-state index is -0.561. The molecule has 0 saturated carbocycles. The summed E-state index contributed by atoms with van der Waals surface area (Å²) >= 11 is 0. The zero-order chi connectivity index (χ0) is 9.14. The Morgan fingerprint density at radius 1 is 1.67 bits per heavy atom. The van der Waals surface area contributed by atoms with E-state index in [1.165, 1.54) is 7.11 Å². The third-order valence-corrected chi connectivity index (χ3v) is 2.15. The molecule has 1 saturated heterocycles. The smallest absolute Gasteiger partial charge is 0.318 e. The molecule has 68 valence electrons. The van der Waals surface area contributed by atoms with Gasteiger partial charge in [0.25, 0.3) is 0 Å². The SMILES string of the molecule is COC(=O)[C@H]1CCCN(C)C1=O. The van der Waals surface area contributed by atoms with Crippen molar-refractivity contribution >= 4 is 11.9 Å². The highest BCUT2D eigenvalue weighted by molar-refractivity contribution is 5.98. The van der Waals surface area contributed by atoms with Gasteiger partial charge in [-0.25, -0.2) is 0 Å². The lowest BCUT2D eigenvalue weighted by atomic mass is 9.98. The number of carbonyl (C=O) groups excluding carboxylic acids is 2. The van der Waals surface area contributed by atoms with Crippen molar-refractivity contribution in [3.05, 3.63) is 0 Å². The normalized spacial score (nSPS) is 24.0. The largest absolute Gasteiger partial charge is 0.468 e. The number of piperidine rings is 1. The van der Waals surface area contributed by atoms with E-state index in [0.29, 0.717) is 6.42 Å². The van der Waals surface area contributed by atoms with Gasteiger partial charge in [0.1, 0.15) is 5.92 Å². The molecule has 0 aromatic heterocycles. The number of amides is 1. The van der Waals surface area contributed by atoms with Gasteiger partial charge in [-0.3, -0.25) is 9.59 Å². The van der Waals surface area contributed by atoms with Gasteiger partial charge >= 0.3 is 5.97 Å². The minimum Gasteiger partial charge on any atom is -0.468 e. The van der Waals surface area contributed by atoms with Gasteiger partial charge < -0.3 is 9.64 Å². The number of esters is 1. The van der Waals surface area contributed by atoms with Crippen LogP contribution in [0.1, 0.15) is 12.8 Å². The van der Waals surface area contributed by atoms with Crippen LogP contribution < -0.4 is 0 Å². The third-order valence-electron chi connectivity index (χ3n) is 2.15. The molecule has 4 heteroatoms. The molecule has 4 nitrogen and oxygen atoms in total. The van der Waals surface area contributed by atoms with Crippen LogP contribution in [0.15, 0.2) is 0 Å². The van der Waals surface area contributed by atoms with Crippen LogP contribution in [0.2, 0.25) is 0 Å². The predicted octanol–water partition coefficient (Wildman–Crippen LogP) is 0.0278. The van der Waals surface area contributed by atoms with Crippen LogP contribution in [-0.4, -0.2) is 37.5 Å². The topological polar surface area (TPSA) is 46.6 Å². The van der Waals surface area contributed by atoms with Gasteiger partial charge in [-0.15, -0.1) is 0 Å². The molecule has 1 amide bonds. The quantitative estimate of drug-likeness (QED) is 0.413. The molecule has 0 N–H and O–H groups in total. The molecule has 0 unspecified atom stereocenters. The maximum atomic E-state index is 11.4. The lowest BCUT2D eigenvalue weighted by Gasteiger charge is -2.27. The molecule has 12 heavy (non-hydrogen) atoms. The third kappa shape index (κ3) is 1.57. The molecule has 0 aliphatic carbocycles. The van der Waals surface area contributed by atoms with E-state index < -0.39 is 11.9 Å². The lowest BCUT2D eigenvalue weighted by molar-refractivity contribution is -0.155. The van der Waals surface area contributed by atoms with Gasteiger partial charge in [-0.2, -0.15) is 0 Å². The molecule has 1 rings (SSSR count). The van der Waals surface area contributed by atoms with Crippen LogP contribution in [0.4, 0.5) is 0 Å². The van der Waals surface area contributed by atoms with Crippen molar-refractivity contribution in [3.63, 3.8) is 0 Å². The Hall–Kier alpha value is -1.06. The molecule has 0 bridgehead atoms. The molecule has 1 heterocycles. The Kier molecular flexibility index (Phi) is 2.68. The first-order valence-corrected chi connectivity index (χ1v) is 3.99. The molecule has 1 atom stereocenters. The molecule has 1 aliphatic heterocycles. The zero-order valence-corrected chi connectivity index (χ0v) is 7.37. The van der Waals surface area contributed by atoms with Gasteiger partial charge in [0.05, 0.1) is 7.11 Å². The van der Waals surface area contributed by atoms with Crippen LogP contribution in [0, 0.1) is 5.92 Å². The zero-order valence-electron chi connectivity index (χ0n) is 7.37. The second-order valence-corrected chi connectivity index (χ2v) is 2.98. The Labute approximate surface area is 71.5 Å². The van der Waals surface area contributed by atoms with Gasteiger partial charge in [0.2, 0.25) is 5.91 Å². The maximum absolute atomic E-state index is 11.4. The van der Waals surface area contributed by atoms with Crippen molar-refractivity contribution in [1.29, 1.82) is 0 Å². The fourth-order valence-electron chi connectivity index (χ4n) is 1.39. The van der Waals surface area contributed by atoms with E-state index in [9.17, 15) is 9.59 Å². The highest BCUT2D eigenvalue weighted by Gasteiger charge is 2.32. The van der Waals surface area contributed by atoms with Crippen molar-refractivity contribution in [3.8, 4) is 0 Å². The summed E-state index contributed by atoms with van der Waals surface area (Å²) in [5, 5.41) is 0. The Morgan fingerprint density at radius 2 is 2.33 bits per heavy atom. The number of nitrogens with zero attached hydrogens (tertiary/aromatic N) is 1. The van der Waals surface area contributed by atoms with Crippen LogP contribution in [0.25, 0.3) is 0 Å². The standard InChI is InChI=1S/C8H13NO3/c1-9-5-3-4-6(7(9)10)8(11)12-2/h6H,3-5H2,1-2H3/t6-/m0/s1. The fourth-order valence-corrected chi connectivity index (χ4v) is 1.39. The van der Waals surface area contributed by atoms with E-state index in [1.54, 1.807) is 11.9 Å². The summed E-state index contributed by atoms with van der Waals surface area (Å²) in [4.78, 5) is 24.0. The first-order chi connectivity index (χ1) is 5.66. The summed E-state index contributed by atoms with van der Waals surface area (Å²) in [5.41, 5.74) is 0. The van der Waals surface area contributed by atoms with E-state index in [-0.39, 0.29) is 5.91 Å². The summed E-state index contributed by atoms with van der Waals surface area (Å²) in [6, 6.07) is 0. The lowest BCUT2D eigenvalue weighted by Crippen LogP contribution is -2.42. The second kappa shape index (κ2) is 3.56. The summed E-state index contributed by atoms with van der Waals surface area (Å²) in [6.07, 6.45) is 1.50. The fraction of sp³-hybridized carbons (Fsp3) is 0.750. The summed E-state index contributed by atoms with van der Waals surface area (Å²) < 4.78 is 4.52. The van der Waals surface area contributed by atoms with Crippen molar-refractivity contribution in [1.82, 2.24) is 4.90 Å². The summed E-state index contributed by atoms with van der Waals surface area (Å²) in [5.74, 6) is -1.09. The maximum Gasteiger partial charge on any atom is 0.318 e. The molecule has 0 spiro atoms. The van der Waals surface area contributed by atoms with Crippen LogP contribution in [0.5, 0.6) is 0 Å². The van der Waals surface area contributed by atoms with Gasteiger partial charge in [0.15, 0.2) is 0 Å². The first-order valence-electron chi connectivity index (χ1n) is 3.99. The number of ether oxygens (including phenoxy) is 1. The van der Waals surface area contributed by atoms with Crippen LogP contribution >= 0.6 is 0 Å². The van der Waals surface area contributed by atoms with Crippen LogP contribution in [0.3, 0.4) is 0 Å². The van der Waals surface area contributed by atoms with Gasteiger partial charge in [0, 0.05) is 13.6 Å². The number of rotatable bonds is 1. The highest BCUT2D eigenvalue weighted by atomic mass is 16.5. The average Bonchev–Trinajstić information content (AvgIpc) is 2.08. The molecule has 0 radical (unpaired) electrons. The first kappa shape index (κ1) is 9.03. The summed E-state index contributed by atoms with van der Waals surface area (Å²) in [7, 11) is 3.02. The Balaban J connectivity index is 2.64. The monoisotopic (exact) mass is 171 g/mol. The van der Waals surface area contributed by atoms with E-state index >= 15 is 0 Å². The molecular weight excluding hydrogens is 158 g/mol. The average molecular weight is 171 g/mol. The number of hydrogen-bond acceptors (Lipinski definition) is 3. The second-order valence-electron chi connectivity index (χ2n) is 2.98.